The molecule has 116 valence electrons. The van der Waals surface area contributed by atoms with Crippen molar-refractivity contribution < 1.29 is 4.74 Å². The van der Waals surface area contributed by atoms with Crippen LogP contribution in [-0.2, 0) is 0 Å². The van der Waals surface area contributed by atoms with Gasteiger partial charge in [-0.2, -0.15) is 0 Å². The van der Waals surface area contributed by atoms with E-state index in [2.05, 4.69) is 30.4 Å². The van der Waals surface area contributed by atoms with Gasteiger partial charge in [-0.1, -0.05) is 31.9 Å². The number of hydrogen-bond acceptors (Lipinski definition) is 2. The minimum atomic E-state index is 0.725. The summed E-state index contributed by atoms with van der Waals surface area (Å²) in [5, 5.41) is 3.81. The van der Waals surface area contributed by atoms with E-state index in [9.17, 15) is 0 Å². The van der Waals surface area contributed by atoms with E-state index in [1.54, 1.807) is 7.11 Å². The molecule has 3 rings (SSSR count). The van der Waals surface area contributed by atoms with Gasteiger partial charge in [-0.05, 0) is 67.7 Å². The summed E-state index contributed by atoms with van der Waals surface area (Å²) < 4.78 is 5.32. The zero-order chi connectivity index (χ0) is 14.7. The van der Waals surface area contributed by atoms with Crippen LogP contribution in [0.25, 0.3) is 0 Å². The fourth-order valence-corrected chi connectivity index (χ4v) is 4.03. The molecular formula is C19H29NO. The van der Waals surface area contributed by atoms with Crippen LogP contribution in [0.3, 0.4) is 0 Å². The van der Waals surface area contributed by atoms with Crippen molar-refractivity contribution in [3.8, 4) is 5.75 Å². The van der Waals surface area contributed by atoms with Gasteiger partial charge in [0.2, 0.25) is 0 Å². The zero-order valence-electron chi connectivity index (χ0n) is 13.5. The quantitative estimate of drug-likeness (QED) is 0.869. The molecule has 1 aromatic carbocycles. The third-order valence-corrected chi connectivity index (χ3v) is 5.44. The predicted molar refractivity (Wildman–Crippen MR) is 87.9 cm³/mol. The Morgan fingerprint density at radius 1 is 1.19 bits per heavy atom. The van der Waals surface area contributed by atoms with Crippen molar-refractivity contribution in [1.82, 2.24) is 5.32 Å². The van der Waals surface area contributed by atoms with Crippen LogP contribution in [0.1, 0.15) is 56.9 Å². The summed E-state index contributed by atoms with van der Waals surface area (Å²) in [4.78, 5) is 0. The molecule has 2 nitrogen and oxygen atoms in total. The molecule has 1 N–H and O–H groups in total. The molecule has 2 aliphatic carbocycles. The molecule has 1 aromatic rings. The summed E-state index contributed by atoms with van der Waals surface area (Å²) in [6.07, 6.45) is 8.32. The first-order valence-corrected chi connectivity index (χ1v) is 8.62. The second-order valence-electron chi connectivity index (χ2n) is 7.19. The zero-order valence-corrected chi connectivity index (χ0v) is 13.5. The van der Waals surface area contributed by atoms with Crippen molar-refractivity contribution in [3.05, 3.63) is 29.8 Å². The molecule has 0 heterocycles. The molecule has 0 aliphatic heterocycles. The highest BCUT2D eigenvalue weighted by molar-refractivity contribution is 5.32. The predicted octanol–water partition coefficient (Wildman–Crippen LogP) is 4.36. The molecule has 0 radical (unpaired) electrons. The van der Waals surface area contributed by atoms with Gasteiger partial charge in [0, 0.05) is 6.04 Å². The SMILES string of the molecule is COc1cccc(C2CC(NCC3CCCC(C)C3)C2)c1. The normalized spacial score (nSPS) is 32.5. The van der Waals surface area contributed by atoms with Crippen molar-refractivity contribution in [1.29, 1.82) is 0 Å². The Bertz CT molecular complexity index is 453. The van der Waals surface area contributed by atoms with E-state index >= 15 is 0 Å². The van der Waals surface area contributed by atoms with E-state index in [1.807, 2.05) is 6.07 Å². The van der Waals surface area contributed by atoms with Crippen LogP contribution in [0.4, 0.5) is 0 Å². The monoisotopic (exact) mass is 287 g/mol. The lowest BCUT2D eigenvalue weighted by Gasteiger charge is -2.38. The minimum absolute atomic E-state index is 0.725. The van der Waals surface area contributed by atoms with Crippen LogP contribution in [0.15, 0.2) is 24.3 Å². The lowest BCUT2D eigenvalue weighted by Crippen LogP contribution is -2.42. The molecule has 21 heavy (non-hydrogen) atoms. The van der Waals surface area contributed by atoms with Gasteiger partial charge in [-0.3, -0.25) is 0 Å². The summed E-state index contributed by atoms with van der Waals surface area (Å²) in [6, 6.07) is 9.31. The number of ether oxygens (including phenoxy) is 1. The van der Waals surface area contributed by atoms with Gasteiger partial charge in [-0.15, -0.1) is 0 Å². The first kappa shape index (κ1) is 14.9. The van der Waals surface area contributed by atoms with Gasteiger partial charge in [0.25, 0.3) is 0 Å². The third-order valence-electron chi connectivity index (χ3n) is 5.44. The smallest absolute Gasteiger partial charge is 0.119 e. The Balaban J connectivity index is 1.41. The molecule has 2 aliphatic rings. The van der Waals surface area contributed by atoms with Crippen molar-refractivity contribution in [3.63, 3.8) is 0 Å². The second-order valence-corrected chi connectivity index (χ2v) is 7.19. The van der Waals surface area contributed by atoms with E-state index in [1.165, 1.54) is 50.6 Å². The molecule has 2 saturated carbocycles. The average molecular weight is 287 g/mol. The molecule has 0 saturated heterocycles. The number of rotatable bonds is 5. The van der Waals surface area contributed by atoms with Gasteiger partial charge >= 0.3 is 0 Å². The summed E-state index contributed by atoms with van der Waals surface area (Å²) in [5.74, 6) is 3.57. The largest absolute Gasteiger partial charge is 0.497 e. The van der Waals surface area contributed by atoms with E-state index < -0.39 is 0 Å². The lowest BCUT2D eigenvalue weighted by molar-refractivity contribution is 0.231. The Morgan fingerprint density at radius 2 is 2.05 bits per heavy atom. The molecule has 2 fully saturated rings. The van der Waals surface area contributed by atoms with E-state index in [0.717, 1.165) is 29.5 Å². The molecule has 2 unspecified atom stereocenters. The molecule has 2 heteroatoms. The topological polar surface area (TPSA) is 21.3 Å². The van der Waals surface area contributed by atoms with Crippen LogP contribution < -0.4 is 10.1 Å². The Morgan fingerprint density at radius 3 is 2.81 bits per heavy atom. The maximum atomic E-state index is 5.32. The van der Waals surface area contributed by atoms with Gasteiger partial charge in [-0.25, -0.2) is 0 Å². The molecule has 2 atom stereocenters. The van der Waals surface area contributed by atoms with Crippen LogP contribution in [-0.4, -0.2) is 19.7 Å². The standard InChI is InChI=1S/C19H29NO/c1-14-5-3-6-15(9-14)13-20-18-10-17(11-18)16-7-4-8-19(12-16)21-2/h4,7-8,12,14-15,17-18,20H,3,5-6,9-11,13H2,1-2H3. The third kappa shape index (κ3) is 3.79. The van der Waals surface area contributed by atoms with Gasteiger partial charge in [0.05, 0.1) is 7.11 Å². The average Bonchev–Trinajstić information content (AvgIpc) is 2.46. The fourth-order valence-electron chi connectivity index (χ4n) is 4.03. The molecule has 0 aromatic heterocycles. The van der Waals surface area contributed by atoms with E-state index in [4.69, 9.17) is 4.74 Å². The summed E-state index contributed by atoms with van der Waals surface area (Å²) in [7, 11) is 1.75. The Kier molecular flexibility index (Phi) is 4.84. The summed E-state index contributed by atoms with van der Waals surface area (Å²) in [6.45, 7) is 3.65. The summed E-state index contributed by atoms with van der Waals surface area (Å²) >= 11 is 0. The van der Waals surface area contributed by atoms with E-state index in [0.29, 0.717) is 0 Å². The molecule has 0 bridgehead atoms. The Labute approximate surface area is 129 Å². The molecule has 0 amide bonds. The minimum Gasteiger partial charge on any atom is -0.497 e. The molecular weight excluding hydrogens is 258 g/mol. The number of nitrogens with one attached hydrogen (secondary N) is 1. The maximum absolute atomic E-state index is 5.32. The fraction of sp³-hybridized carbons (Fsp3) is 0.684. The highest BCUT2D eigenvalue weighted by atomic mass is 16.5. The number of methoxy groups -OCH3 is 1. The van der Waals surface area contributed by atoms with Crippen molar-refractivity contribution >= 4 is 0 Å². The van der Waals surface area contributed by atoms with Gasteiger partial charge in [0.1, 0.15) is 5.75 Å². The number of benzene rings is 1. The van der Waals surface area contributed by atoms with Gasteiger partial charge in [0.15, 0.2) is 0 Å². The number of hydrogen-bond donors (Lipinski definition) is 1. The van der Waals surface area contributed by atoms with E-state index in [-0.39, 0.29) is 0 Å². The first-order valence-electron chi connectivity index (χ1n) is 8.62. The van der Waals surface area contributed by atoms with Gasteiger partial charge < -0.3 is 10.1 Å². The lowest BCUT2D eigenvalue weighted by atomic mass is 9.75. The first-order chi connectivity index (χ1) is 10.2. The highest BCUT2D eigenvalue weighted by Gasteiger charge is 2.31. The van der Waals surface area contributed by atoms with Crippen LogP contribution in [0.5, 0.6) is 5.75 Å². The van der Waals surface area contributed by atoms with Crippen LogP contribution in [0, 0.1) is 11.8 Å². The van der Waals surface area contributed by atoms with Crippen LogP contribution in [0.2, 0.25) is 0 Å². The highest BCUT2D eigenvalue weighted by Crippen LogP contribution is 2.38. The van der Waals surface area contributed by atoms with Crippen molar-refractivity contribution in [2.45, 2.75) is 57.4 Å². The van der Waals surface area contributed by atoms with Crippen molar-refractivity contribution in [2.75, 3.05) is 13.7 Å². The molecule has 0 spiro atoms. The second kappa shape index (κ2) is 6.83. The maximum Gasteiger partial charge on any atom is 0.119 e. The summed E-state index contributed by atoms with van der Waals surface area (Å²) in [5.41, 5.74) is 1.44. The van der Waals surface area contributed by atoms with Crippen LogP contribution >= 0.6 is 0 Å². The Hall–Kier alpha value is -1.02. The van der Waals surface area contributed by atoms with Crippen molar-refractivity contribution in [2.24, 2.45) is 11.8 Å².